The van der Waals surface area contributed by atoms with Gasteiger partial charge in [0.15, 0.2) is 0 Å². The van der Waals surface area contributed by atoms with Crippen molar-refractivity contribution in [1.29, 1.82) is 0 Å². The van der Waals surface area contributed by atoms with E-state index in [0.717, 1.165) is 29.6 Å². The number of fused-ring (bicyclic) bond motifs is 2. The fourth-order valence-electron chi connectivity index (χ4n) is 2.35. The summed E-state index contributed by atoms with van der Waals surface area (Å²) in [5.74, 6) is 0. The summed E-state index contributed by atoms with van der Waals surface area (Å²) in [6.45, 7) is 3.74. The number of hydrogen-bond donors (Lipinski definition) is 2. The monoisotopic (exact) mass is 213 g/mol. The van der Waals surface area contributed by atoms with Crippen LogP contribution in [0.2, 0.25) is 0 Å². The van der Waals surface area contributed by atoms with Gasteiger partial charge in [-0.15, -0.1) is 0 Å². The van der Waals surface area contributed by atoms with Gasteiger partial charge in [0.25, 0.3) is 0 Å². The fourth-order valence-corrected chi connectivity index (χ4v) is 2.35. The molecule has 0 aromatic carbocycles. The zero-order chi connectivity index (χ0) is 11.1. The van der Waals surface area contributed by atoms with Crippen molar-refractivity contribution < 1.29 is 0 Å². The van der Waals surface area contributed by atoms with Crippen LogP contribution in [0.3, 0.4) is 0 Å². The number of nitrogens with one attached hydrogen (secondary N) is 1. The Morgan fingerprint density at radius 3 is 2.94 bits per heavy atom. The first-order chi connectivity index (χ1) is 7.74. The highest BCUT2D eigenvalue weighted by atomic mass is 14.8. The van der Waals surface area contributed by atoms with Crippen molar-refractivity contribution in [3.63, 3.8) is 0 Å². The van der Waals surface area contributed by atoms with Crippen LogP contribution >= 0.6 is 0 Å². The van der Waals surface area contributed by atoms with Crippen LogP contribution in [0.15, 0.2) is 18.7 Å². The second-order valence-corrected chi connectivity index (χ2v) is 4.44. The number of nitrogens with two attached hydrogens (primary N) is 1. The highest BCUT2D eigenvalue weighted by Gasteiger charge is 2.13. The van der Waals surface area contributed by atoms with Crippen LogP contribution in [0, 0.1) is 0 Å². The molecule has 2 heterocycles. The molecule has 2 aromatic rings. The minimum absolute atomic E-state index is 0.566. The van der Waals surface area contributed by atoms with E-state index in [1.807, 2.05) is 6.07 Å². The van der Waals surface area contributed by atoms with Crippen molar-refractivity contribution in [1.82, 2.24) is 9.97 Å². The second-order valence-electron chi connectivity index (χ2n) is 4.44. The number of nitrogens with zero attached hydrogens (tertiary/aromatic N) is 1. The Kier molecular flexibility index (Phi) is 1.99. The van der Waals surface area contributed by atoms with Crippen LogP contribution < -0.4 is 5.73 Å². The standard InChI is InChI=1S/C13H15N3/c1-8(14)11-7-13-12(16-11)6-9-4-2-3-5-10(9)15-13/h6-7,16H,1-5,14H2. The minimum Gasteiger partial charge on any atom is -0.398 e. The third-order valence-electron chi connectivity index (χ3n) is 3.23. The summed E-state index contributed by atoms with van der Waals surface area (Å²) in [4.78, 5) is 7.95. The van der Waals surface area contributed by atoms with Gasteiger partial charge < -0.3 is 10.7 Å². The molecule has 0 atom stereocenters. The first kappa shape index (κ1) is 9.46. The van der Waals surface area contributed by atoms with Gasteiger partial charge in [0.1, 0.15) is 0 Å². The Labute approximate surface area is 94.4 Å². The smallest absolute Gasteiger partial charge is 0.0889 e. The molecule has 16 heavy (non-hydrogen) atoms. The highest BCUT2D eigenvalue weighted by molar-refractivity contribution is 5.81. The molecule has 0 fully saturated rings. The van der Waals surface area contributed by atoms with E-state index in [-0.39, 0.29) is 0 Å². The van der Waals surface area contributed by atoms with Crippen molar-refractivity contribution in [3.05, 3.63) is 35.7 Å². The maximum Gasteiger partial charge on any atom is 0.0889 e. The maximum absolute atomic E-state index is 5.68. The van der Waals surface area contributed by atoms with Crippen LogP contribution in [0.25, 0.3) is 16.7 Å². The summed E-state index contributed by atoms with van der Waals surface area (Å²) in [5, 5.41) is 0. The molecule has 0 radical (unpaired) electrons. The van der Waals surface area contributed by atoms with Crippen LogP contribution in [-0.4, -0.2) is 9.97 Å². The lowest BCUT2D eigenvalue weighted by Crippen LogP contribution is -2.04. The number of aryl methyl sites for hydroxylation is 2. The number of aromatic amines is 1. The molecule has 0 saturated carbocycles. The zero-order valence-corrected chi connectivity index (χ0v) is 9.21. The molecule has 2 aromatic heterocycles. The van der Waals surface area contributed by atoms with Crippen LogP contribution in [0.5, 0.6) is 0 Å². The van der Waals surface area contributed by atoms with E-state index in [1.165, 1.54) is 24.1 Å². The van der Waals surface area contributed by atoms with Gasteiger partial charge in [0, 0.05) is 11.4 Å². The van der Waals surface area contributed by atoms with E-state index in [1.54, 1.807) is 0 Å². The molecule has 3 nitrogen and oxygen atoms in total. The van der Waals surface area contributed by atoms with Crippen molar-refractivity contribution in [2.75, 3.05) is 0 Å². The van der Waals surface area contributed by atoms with Crippen LogP contribution in [-0.2, 0) is 12.8 Å². The molecule has 0 unspecified atom stereocenters. The van der Waals surface area contributed by atoms with Crippen LogP contribution in [0.4, 0.5) is 0 Å². The summed E-state index contributed by atoms with van der Waals surface area (Å²) in [6.07, 6.45) is 4.79. The Bertz CT molecular complexity index is 523. The summed E-state index contributed by atoms with van der Waals surface area (Å²) < 4.78 is 0. The Morgan fingerprint density at radius 1 is 1.31 bits per heavy atom. The van der Waals surface area contributed by atoms with Crippen molar-refractivity contribution in [3.8, 4) is 0 Å². The van der Waals surface area contributed by atoms with E-state index in [2.05, 4.69) is 17.6 Å². The van der Waals surface area contributed by atoms with E-state index < -0.39 is 0 Å². The van der Waals surface area contributed by atoms with E-state index in [0.29, 0.717) is 5.70 Å². The fraction of sp³-hybridized carbons (Fsp3) is 0.308. The average molecular weight is 213 g/mol. The highest BCUT2D eigenvalue weighted by Crippen LogP contribution is 2.24. The predicted molar refractivity (Wildman–Crippen MR) is 66.0 cm³/mol. The van der Waals surface area contributed by atoms with Gasteiger partial charge in [-0.2, -0.15) is 0 Å². The third-order valence-corrected chi connectivity index (χ3v) is 3.23. The molecule has 1 aliphatic carbocycles. The summed E-state index contributed by atoms with van der Waals surface area (Å²) in [7, 11) is 0. The predicted octanol–water partition coefficient (Wildman–Crippen LogP) is 2.37. The van der Waals surface area contributed by atoms with E-state index in [4.69, 9.17) is 10.7 Å². The summed E-state index contributed by atoms with van der Waals surface area (Å²) in [5.41, 5.74) is 11.8. The average Bonchev–Trinajstić information content (AvgIpc) is 2.68. The third kappa shape index (κ3) is 1.40. The largest absolute Gasteiger partial charge is 0.398 e. The molecular weight excluding hydrogens is 198 g/mol. The van der Waals surface area contributed by atoms with Gasteiger partial charge in [-0.1, -0.05) is 6.58 Å². The topological polar surface area (TPSA) is 54.7 Å². The van der Waals surface area contributed by atoms with Crippen molar-refractivity contribution in [2.24, 2.45) is 5.73 Å². The molecule has 0 spiro atoms. The minimum atomic E-state index is 0.566. The normalized spacial score (nSPS) is 15.0. The number of H-pyrrole nitrogens is 1. The molecule has 1 aliphatic rings. The maximum atomic E-state index is 5.68. The second kappa shape index (κ2) is 3.37. The van der Waals surface area contributed by atoms with Gasteiger partial charge >= 0.3 is 0 Å². The lowest BCUT2D eigenvalue weighted by Gasteiger charge is -2.13. The molecule has 82 valence electrons. The molecule has 3 rings (SSSR count). The van der Waals surface area contributed by atoms with Gasteiger partial charge in [-0.25, -0.2) is 0 Å². The van der Waals surface area contributed by atoms with E-state index in [9.17, 15) is 0 Å². The zero-order valence-electron chi connectivity index (χ0n) is 9.21. The van der Waals surface area contributed by atoms with Crippen LogP contribution in [0.1, 0.15) is 29.8 Å². The SMILES string of the molecule is C=C(N)c1cc2nc3c(cc2[nH]1)CCCC3. The Morgan fingerprint density at radius 2 is 2.12 bits per heavy atom. The number of rotatable bonds is 1. The summed E-state index contributed by atoms with van der Waals surface area (Å²) >= 11 is 0. The number of aromatic nitrogens is 2. The molecular formula is C13H15N3. The molecule has 3 heteroatoms. The van der Waals surface area contributed by atoms with E-state index >= 15 is 0 Å². The molecule has 0 amide bonds. The number of pyridine rings is 1. The number of hydrogen-bond acceptors (Lipinski definition) is 2. The molecule has 0 saturated heterocycles. The van der Waals surface area contributed by atoms with Gasteiger partial charge in [0.2, 0.25) is 0 Å². The van der Waals surface area contributed by atoms with Gasteiger partial charge in [-0.05, 0) is 43.4 Å². The van der Waals surface area contributed by atoms with Crippen molar-refractivity contribution >= 4 is 16.7 Å². The molecule has 0 aliphatic heterocycles. The first-order valence-electron chi connectivity index (χ1n) is 5.70. The lowest BCUT2D eigenvalue weighted by molar-refractivity contribution is 0.671. The van der Waals surface area contributed by atoms with Gasteiger partial charge in [0.05, 0.1) is 16.7 Å². The van der Waals surface area contributed by atoms with Gasteiger partial charge in [-0.3, -0.25) is 4.98 Å². The molecule has 3 N–H and O–H groups in total. The summed E-state index contributed by atoms with van der Waals surface area (Å²) in [6, 6.07) is 4.19. The quantitative estimate of drug-likeness (QED) is 0.764. The lowest BCUT2D eigenvalue weighted by atomic mass is 9.96. The van der Waals surface area contributed by atoms with Crippen molar-refractivity contribution in [2.45, 2.75) is 25.7 Å². The Balaban J connectivity index is 2.20. The first-order valence-corrected chi connectivity index (χ1v) is 5.70. The molecule has 0 bridgehead atoms. The Hall–Kier alpha value is -1.77.